The third kappa shape index (κ3) is 2.41. The molecule has 0 unspecified atom stereocenters. The number of nitrogens with zero attached hydrogens (tertiary/aromatic N) is 3. The Balaban J connectivity index is 2.07. The maximum absolute atomic E-state index is 8.97. The molecule has 0 amide bonds. The first-order valence-electron chi connectivity index (χ1n) is 7.16. The number of hydrogen-bond acceptors (Lipinski definition) is 3. The van der Waals surface area contributed by atoms with Crippen molar-refractivity contribution in [1.82, 2.24) is 4.98 Å². The van der Waals surface area contributed by atoms with Crippen LogP contribution >= 0.6 is 0 Å². The number of rotatable bonds is 2. The average Bonchev–Trinajstić information content (AvgIpc) is 2.54. The number of hydrogen-bond donors (Lipinski definition) is 0. The van der Waals surface area contributed by atoms with Crippen LogP contribution in [0.4, 0.5) is 5.69 Å². The quantitative estimate of drug-likeness (QED) is 0.826. The standard InChI is InChI=1S/C18H17N3/c1-3-14-12-21(10-9-13(14)2)18-6-4-5-17-16(18)8-7-15(11-19)20-17/h4-10H,3,12H2,1-2H3. The van der Waals surface area contributed by atoms with Crippen LogP contribution in [0.5, 0.6) is 0 Å². The summed E-state index contributed by atoms with van der Waals surface area (Å²) in [5.74, 6) is 0. The zero-order valence-electron chi connectivity index (χ0n) is 12.3. The molecule has 0 bridgehead atoms. The molecule has 2 aromatic rings. The van der Waals surface area contributed by atoms with E-state index in [1.807, 2.05) is 18.2 Å². The van der Waals surface area contributed by atoms with Crippen LogP contribution < -0.4 is 4.90 Å². The molecule has 0 fully saturated rings. The molecule has 3 rings (SSSR count). The highest BCUT2D eigenvalue weighted by molar-refractivity contribution is 5.92. The Kier molecular flexibility index (Phi) is 3.45. The van der Waals surface area contributed by atoms with Crippen LogP contribution in [-0.4, -0.2) is 11.5 Å². The molecule has 3 heteroatoms. The van der Waals surface area contributed by atoms with E-state index in [0.29, 0.717) is 5.69 Å². The monoisotopic (exact) mass is 275 g/mol. The molecule has 0 radical (unpaired) electrons. The smallest absolute Gasteiger partial charge is 0.141 e. The predicted octanol–water partition coefficient (Wildman–Crippen LogP) is 4.17. The molecule has 104 valence electrons. The molecular formula is C18H17N3. The van der Waals surface area contributed by atoms with E-state index in [-0.39, 0.29) is 0 Å². The number of anilines is 1. The first-order chi connectivity index (χ1) is 10.2. The van der Waals surface area contributed by atoms with Crippen molar-refractivity contribution >= 4 is 16.6 Å². The first-order valence-corrected chi connectivity index (χ1v) is 7.16. The van der Waals surface area contributed by atoms with Crippen molar-refractivity contribution in [2.45, 2.75) is 20.3 Å². The summed E-state index contributed by atoms with van der Waals surface area (Å²) in [5.41, 5.74) is 5.28. The van der Waals surface area contributed by atoms with Gasteiger partial charge in [-0.3, -0.25) is 0 Å². The highest BCUT2D eigenvalue weighted by atomic mass is 15.1. The molecule has 1 aromatic carbocycles. The van der Waals surface area contributed by atoms with Crippen LogP contribution in [-0.2, 0) is 0 Å². The molecule has 1 aliphatic heterocycles. The summed E-state index contributed by atoms with van der Waals surface area (Å²) < 4.78 is 0. The number of fused-ring (bicyclic) bond motifs is 1. The molecule has 0 saturated heterocycles. The second-order valence-electron chi connectivity index (χ2n) is 5.24. The first kappa shape index (κ1) is 13.4. The summed E-state index contributed by atoms with van der Waals surface area (Å²) in [6, 6.07) is 11.9. The minimum Gasteiger partial charge on any atom is -0.343 e. The molecule has 0 atom stereocenters. The van der Waals surface area contributed by atoms with Gasteiger partial charge in [0.15, 0.2) is 0 Å². The fourth-order valence-electron chi connectivity index (χ4n) is 2.71. The number of allylic oxidation sites excluding steroid dienone is 2. The largest absolute Gasteiger partial charge is 0.343 e. The maximum atomic E-state index is 8.97. The van der Waals surface area contributed by atoms with E-state index in [4.69, 9.17) is 5.26 Å². The predicted molar refractivity (Wildman–Crippen MR) is 85.9 cm³/mol. The zero-order chi connectivity index (χ0) is 14.8. The van der Waals surface area contributed by atoms with Crippen molar-refractivity contribution < 1.29 is 0 Å². The van der Waals surface area contributed by atoms with Crippen molar-refractivity contribution in [3.05, 3.63) is 59.4 Å². The van der Waals surface area contributed by atoms with Gasteiger partial charge in [-0.2, -0.15) is 5.26 Å². The van der Waals surface area contributed by atoms with Crippen LogP contribution in [0.1, 0.15) is 26.0 Å². The summed E-state index contributed by atoms with van der Waals surface area (Å²) in [6.45, 7) is 5.27. The van der Waals surface area contributed by atoms with Crippen LogP contribution in [0, 0.1) is 11.3 Å². The van der Waals surface area contributed by atoms with Crippen molar-refractivity contribution in [3.63, 3.8) is 0 Å². The van der Waals surface area contributed by atoms with Crippen molar-refractivity contribution in [2.24, 2.45) is 0 Å². The van der Waals surface area contributed by atoms with Gasteiger partial charge in [-0.05, 0) is 54.8 Å². The number of nitriles is 1. The van der Waals surface area contributed by atoms with E-state index in [1.54, 1.807) is 6.07 Å². The van der Waals surface area contributed by atoms with Crippen molar-refractivity contribution in [3.8, 4) is 6.07 Å². The molecule has 3 nitrogen and oxygen atoms in total. The van der Waals surface area contributed by atoms with Gasteiger partial charge in [0.1, 0.15) is 11.8 Å². The average molecular weight is 275 g/mol. The van der Waals surface area contributed by atoms with Crippen LogP contribution in [0.15, 0.2) is 53.8 Å². The van der Waals surface area contributed by atoms with Gasteiger partial charge in [0.2, 0.25) is 0 Å². The van der Waals surface area contributed by atoms with Crippen molar-refractivity contribution in [1.29, 1.82) is 5.26 Å². The van der Waals surface area contributed by atoms with Gasteiger partial charge in [0.25, 0.3) is 0 Å². The molecule has 0 spiro atoms. The van der Waals surface area contributed by atoms with Gasteiger partial charge in [0, 0.05) is 18.1 Å². The van der Waals surface area contributed by atoms with E-state index in [1.165, 1.54) is 11.1 Å². The Morgan fingerprint density at radius 2 is 2.14 bits per heavy atom. The lowest BCUT2D eigenvalue weighted by Gasteiger charge is -2.27. The molecule has 1 aliphatic rings. The van der Waals surface area contributed by atoms with Gasteiger partial charge >= 0.3 is 0 Å². The van der Waals surface area contributed by atoms with Gasteiger partial charge in [-0.25, -0.2) is 4.98 Å². The second-order valence-corrected chi connectivity index (χ2v) is 5.24. The lowest BCUT2D eigenvalue weighted by atomic mass is 10.0. The van der Waals surface area contributed by atoms with Crippen LogP contribution in [0.2, 0.25) is 0 Å². The summed E-state index contributed by atoms with van der Waals surface area (Å²) in [6.07, 6.45) is 5.36. The zero-order valence-corrected chi connectivity index (χ0v) is 12.3. The van der Waals surface area contributed by atoms with Gasteiger partial charge in [-0.15, -0.1) is 0 Å². The number of pyridine rings is 1. The lowest BCUT2D eigenvalue weighted by molar-refractivity contribution is 0.923. The highest BCUT2D eigenvalue weighted by Gasteiger charge is 2.14. The van der Waals surface area contributed by atoms with Crippen LogP contribution in [0.25, 0.3) is 10.9 Å². The molecular weight excluding hydrogens is 258 g/mol. The van der Waals surface area contributed by atoms with E-state index in [2.05, 4.69) is 48.1 Å². The summed E-state index contributed by atoms with van der Waals surface area (Å²) in [7, 11) is 0. The van der Waals surface area contributed by atoms with Gasteiger partial charge in [0.05, 0.1) is 11.2 Å². The Hall–Kier alpha value is -2.60. The van der Waals surface area contributed by atoms with E-state index >= 15 is 0 Å². The molecule has 0 aliphatic carbocycles. The van der Waals surface area contributed by atoms with Gasteiger partial charge < -0.3 is 4.90 Å². The summed E-state index contributed by atoms with van der Waals surface area (Å²) in [5, 5.41) is 10.1. The van der Waals surface area contributed by atoms with Crippen molar-refractivity contribution in [2.75, 3.05) is 11.4 Å². The number of benzene rings is 1. The summed E-state index contributed by atoms with van der Waals surface area (Å²) >= 11 is 0. The topological polar surface area (TPSA) is 39.9 Å². The lowest BCUT2D eigenvalue weighted by Crippen LogP contribution is -2.22. The molecule has 0 saturated carbocycles. The van der Waals surface area contributed by atoms with E-state index in [0.717, 1.165) is 29.6 Å². The molecule has 1 aromatic heterocycles. The van der Waals surface area contributed by atoms with Gasteiger partial charge in [-0.1, -0.05) is 13.0 Å². The number of aromatic nitrogens is 1. The molecule has 0 N–H and O–H groups in total. The minimum absolute atomic E-state index is 0.457. The molecule has 2 heterocycles. The minimum atomic E-state index is 0.457. The Bertz CT molecular complexity index is 794. The Morgan fingerprint density at radius 1 is 1.29 bits per heavy atom. The fourth-order valence-corrected chi connectivity index (χ4v) is 2.71. The SMILES string of the molecule is CCC1=C(C)C=CN(c2cccc3nc(C#N)ccc23)C1. The third-order valence-corrected chi connectivity index (χ3v) is 3.98. The van der Waals surface area contributed by atoms with E-state index in [9.17, 15) is 0 Å². The highest BCUT2D eigenvalue weighted by Crippen LogP contribution is 2.29. The van der Waals surface area contributed by atoms with Crippen LogP contribution in [0.3, 0.4) is 0 Å². The maximum Gasteiger partial charge on any atom is 0.141 e. The second kappa shape index (κ2) is 5.41. The fraction of sp³-hybridized carbons (Fsp3) is 0.222. The third-order valence-electron chi connectivity index (χ3n) is 3.98. The summed E-state index contributed by atoms with van der Waals surface area (Å²) in [4.78, 5) is 6.63. The Labute approximate surface area is 124 Å². The normalized spacial score (nSPS) is 14.6. The Morgan fingerprint density at radius 3 is 2.90 bits per heavy atom. The molecule has 21 heavy (non-hydrogen) atoms. The van der Waals surface area contributed by atoms with E-state index < -0.39 is 0 Å².